The lowest BCUT2D eigenvalue weighted by molar-refractivity contribution is 0.0432. The molecule has 1 amide bonds. The highest BCUT2D eigenvalue weighted by molar-refractivity contribution is 5.65. The minimum absolute atomic E-state index is 0.763. The average Bonchev–Trinajstić information content (AvgIpc) is 2.81. The van der Waals surface area contributed by atoms with Gasteiger partial charge in [0.2, 0.25) is 0 Å². The third kappa shape index (κ3) is 2.51. The van der Waals surface area contributed by atoms with Crippen LogP contribution in [0.2, 0.25) is 0 Å². The molecule has 18 heavy (non-hydrogen) atoms. The van der Waals surface area contributed by atoms with Gasteiger partial charge < -0.3 is 15.0 Å². The van der Waals surface area contributed by atoms with Crippen molar-refractivity contribution in [2.75, 3.05) is 0 Å². The van der Waals surface area contributed by atoms with E-state index < -0.39 is 11.7 Å². The lowest BCUT2D eigenvalue weighted by Gasteiger charge is -2.24. The van der Waals surface area contributed by atoms with Crippen molar-refractivity contribution in [1.82, 2.24) is 9.55 Å². The molecule has 0 aliphatic rings. The van der Waals surface area contributed by atoms with Gasteiger partial charge >= 0.3 is 6.09 Å². The van der Waals surface area contributed by atoms with Gasteiger partial charge in [-0.15, -0.1) is 0 Å². The Bertz CT molecular complexity index is 547. The molecule has 0 aromatic carbocycles. The van der Waals surface area contributed by atoms with Gasteiger partial charge in [-0.2, -0.15) is 0 Å². The van der Waals surface area contributed by atoms with Crippen LogP contribution >= 0.6 is 0 Å². The molecule has 2 N–H and O–H groups in total. The summed E-state index contributed by atoms with van der Waals surface area (Å²) < 4.78 is 6.98. The highest BCUT2D eigenvalue weighted by atomic mass is 16.6. The third-order valence-corrected chi connectivity index (χ3v) is 2.67. The Morgan fingerprint density at radius 1 is 1.39 bits per heavy atom. The van der Waals surface area contributed by atoms with Gasteiger partial charge in [0, 0.05) is 24.2 Å². The average molecular weight is 245 g/mol. The number of rotatable bonds is 3. The van der Waals surface area contributed by atoms with Crippen LogP contribution in [0.3, 0.4) is 0 Å². The van der Waals surface area contributed by atoms with Crippen molar-refractivity contribution in [2.45, 2.75) is 19.4 Å². The van der Waals surface area contributed by atoms with E-state index in [0.717, 1.165) is 11.4 Å². The van der Waals surface area contributed by atoms with Gasteiger partial charge in [0.05, 0.1) is 0 Å². The molecule has 0 aliphatic heterocycles. The van der Waals surface area contributed by atoms with E-state index in [2.05, 4.69) is 4.98 Å². The van der Waals surface area contributed by atoms with E-state index in [1.54, 1.807) is 26.1 Å². The summed E-state index contributed by atoms with van der Waals surface area (Å²) in [6, 6.07) is 7.50. The molecule has 0 bridgehead atoms. The molecular formula is C13H15N3O2. The second-order valence-corrected chi connectivity index (χ2v) is 4.42. The van der Waals surface area contributed by atoms with Crippen LogP contribution in [0.25, 0.3) is 5.82 Å². The van der Waals surface area contributed by atoms with Crippen LogP contribution in [0.4, 0.5) is 4.79 Å². The Balaban J connectivity index is 2.35. The first-order valence-electron chi connectivity index (χ1n) is 5.57. The summed E-state index contributed by atoms with van der Waals surface area (Å²) >= 11 is 0. The minimum Gasteiger partial charge on any atom is -0.439 e. The van der Waals surface area contributed by atoms with Gasteiger partial charge in [-0.05, 0) is 38.1 Å². The predicted molar refractivity (Wildman–Crippen MR) is 67.3 cm³/mol. The zero-order valence-electron chi connectivity index (χ0n) is 10.3. The van der Waals surface area contributed by atoms with Gasteiger partial charge in [-0.25, -0.2) is 9.78 Å². The van der Waals surface area contributed by atoms with Gasteiger partial charge in [-0.1, -0.05) is 0 Å². The Morgan fingerprint density at radius 2 is 2.06 bits per heavy atom. The fourth-order valence-electron chi connectivity index (χ4n) is 1.73. The number of nitrogens with zero attached hydrogens (tertiary/aromatic N) is 2. The number of hydrogen-bond acceptors (Lipinski definition) is 3. The summed E-state index contributed by atoms with van der Waals surface area (Å²) in [5.41, 5.74) is 5.12. The second kappa shape index (κ2) is 4.52. The number of primary amides is 1. The molecule has 0 atom stereocenters. The summed E-state index contributed by atoms with van der Waals surface area (Å²) in [5.74, 6) is 0.763. The van der Waals surface area contributed by atoms with E-state index in [9.17, 15) is 4.79 Å². The first-order chi connectivity index (χ1) is 8.49. The zero-order chi connectivity index (χ0) is 13.2. The van der Waals surface area contributed by atoms with Crippen LogP contribution in [-0.2, 0) is 10.3 Å². The number of carbonyl (C=O) groups is 1. The normalized spacial score (nSPS) is 11.2. The van der Waals surface area contributed by atoms with Crippen LogP contribution in [0.1, 0.15) is 19.4 Å². The molecule has 0 aliphatic carbocycles. The topological polar surface area (TPSA) is 70.1 Å². The van der Waals surface area contributed by atoms with Crippen LogP contribution < -0.4 is 5.73 Å². The number of amides is 1. The second-order valence-electron chi connectivity index (χ2n) is 4.42. The van der Waals surface area contributed by atoms with Crippen LogP contribution in [-0.4, -0.2) is 15.6 Å². The molecule has 2 aromatic rings. The molecule has 0 saturated heterocycles. The lowest BCUT2D eigenvalue weighted by atomic mass is 9.99. The van der Waals surface area contributed by atoms with Crippen molar-refractivity contribution < 1.29 is 9.53 Å². The Morgan fingerprint density at radius 3 is 2.67 bits per heavy atom. The van der Waals surface area contributed by atoms with E-state index in [1.807, 2.05) is 35.2 Å². The predicted octanol–water partition coefficient (Wildman–Crippen LogP) is 2.20. The molecule has 2 aromatic heterocycles. The number of ether oxygens (including phenoxy) is 1. The van der Waals surface area contributed by atoms with Crippen LogP contribution in [0.5, 0.6) is 0 Å². The number of nitrogens with two attached hydrogens (primary N) is 1. The quantitative estimate of drug-likeness (QED) is 0.901. The fraction of sp³-hybridized carbons (Fsp3) is 0.231. The summed E-state index contributed by atoms with van der Waals surface area (Å²) in [5, 5.41) is 0. The molecule has 2 rings (SSSR count). The van der Waals surface area contributed by atoms with Gasteiger partial charge in [-0.3, -0.25) is 0 Å². The molecule has 0 fully saturated rings. The zero-order valence-corrected chi connectivity index (χ0v) is 10.3. The molecule has 0 radical (unpaired) electrons. The number of pyridine rings is 1. The van der Waals surface area contributed by atoms with E-state index >= 15 is 0 Å². The van der Waals surface area contributed by atoms with Crippen LogP contribution in [0.15, 0.2) is 42.9 Å². The van der Waals surface area contributed by atoms with Gasteiger partial charge in [0.1, 0.15) is 11.4 Å². The Kier molecular flexibility index (Phi) is 3.06. The van der Waals surface area contributed by atoms with Crippen molar-refractivity contribution in [3.8, 4) is 5.82 Å². The largest absolute Gasteiger partial charge is 0.439 e. The molecular weight excluding hydrogens is 230 g/mol. The van der Waals surface area contributed by atoms with Crippen molar-refractivity contribution in [1.29, 1.82) is 0 Å². The summed E-state index contributed by atoms with van der Waals surface area (Å²) in [4.78, 5) is 15.1. The highest BCUT2D eigenvalue weighted by Gasteiger charge is 2.24. The first kappa shape index (κ1) is 12.2. The van der Waals surface area contributed by atoms with Crippen molar-refractivity contribution in [3.63, 3.8) is 0 Å². The summed E-state index contributed by atoms with van der Waals surface area (Å²) in [7, 11) is 0. The molecule has 2 heterocycles. The van der Waals surface area contributed by atoms with E-state index in [4.69, 9.17) is 10.5 Å². The van der Waals surface area contributed by atoms with Crippen molar-refractivity contribution in [2.24, 2.45) is 5.73 Å². The van der Waals surface area contributed by atoms with E-state index in [1.165, 1.54) is 0 Å². The first-order valence-corrected chi connectivity index (χ1v) is 5.57. The maximum absolute atomic E-state index is 10.9. The molecule has 5 heteroatoms. The minimum atomic E-state index is -0.792. The van der Waals surface area contributed by atoms with Crippen molar-refractivity contribution >= 4 is 6.09 Å². The highest BCUT2D eigenvalue weighted by Crippen LogP contribution is 2.25. The number of carbonyl (C=O) groups excluding carboxylic acids is 1. The smallest absolute Gasteiger partial charge is 0.405 e. The summed E-state index contributed by atoms with van der Waals surface area (Å²) in [6.07, 6.45) is 4.68. The summed E-state index contributed by atoms with van der Waals surface area (Å²) in [6.45, 7) is 3.57. The van der Waals surface area contributed by atoms with Gasteiger partial charge in [0.25, 0.3) is 0 Å². The van der Waals surface area contributed by atoms with Crippen LogP contribution in [0, 0.1) is 0 Å². The maximum Gasteiger partial charge on any atom is 0.405 e. The molecule has 94 valence electrons. The number of hydrogen-bond donors (Lipinski definition) is 1. The fourth-order valence-corrected chi connectivity index (χ4v) is 1.73. The lowest BCUT2D eigenvalue weighted by Crippen LogP contribution is -2.29. The van der Waals surface area contributed by atoms with Crippen molar-refractivity contribution in [3.05, 3.63) is 48.4 Å². The third-order valence-electron chi connectivity index (χ3n) is 2.67. The number of aromatic nitrogens is 2. The van der Waals surface area contributed by atoms with E-state index in [-0.39, 0.29) is 0 Å². The molecule has 0 unspecified atom stereocenters. The van der Waals surface area contributed by atoms with E-state index in [0.29, 0.717) is 0 Å². The monoisotopic (exact) mass is 245 g/mol. The van der Waals surface area contributed by atoms with Gasteiger partial charge in [0.15, 0.2) is 0 Å². The maximum atomic E-state index is 10.9. The standard InChI is InChI=1S/C13H15N3O2/c1-13(2,18-12(14)17)10-5-6-15-11(9-10)16-7-3-4-8-16/h3-9H,1-2H3,(H2,14,17). The Labute approximate surface area is 105 Å². The Hall–Kier alpha value is -2.30. The molecule has 0 spiro atoms. The SMILES string of the molecule is CC(C)(OC(N)=O)c1ccnc(-n2cccc2)c1. The molecule has 5 nitrogen and oxygen atoms in total. The molecule has 0 saturated carbocycles.